The molecule has 1 unspecified atom stereocenters. The molecule has 0 aromatic carbocycles. The number of hydrogen-bond donors (Lipinski definition) is 2. The van der Waals surface area contributed by atoms with Gasteiger partial charge in [0, 0.05) is 19.3 Å². The molecule has 0 saturated heterocycles. The van der Waals surface area contributed by atoms with Crippen LogP contribution in [0.4, 0.5) is 0 Å². The second-order valence-electron chi connectivity index (χ2n) is 3.98. The predicted molar refractivity (Wildman–Crippen MR) is 64.1 cm³/mol. The number of aliphatic hydroxyl groups is 1. The first-order valence-electron chi connectivity index (χ1n) is 6.21. The summed E-state index contributed by atoms with van der Waals surface area (Å²) in [6.07, 6.45) is 7.30. The molecule has 0 aliphatic rings. The van der Waals surface area contributed by atoms with E-state index < -0.39 is 0 Å². The summed E-state index contributed by atoms with van der Waals surface area (Å²) in [5, 5.41) is 11.9. The number of rotatable bonds is 11. The number of nitrogens with one attached hydrogen (secondary N) is 1. The second-order valence-corrected chi connectivity index (χ2v) is 3.98. The predicted octanol–water partition coefficient (Wildman–Crippen LogP) is 1.94. The molecule has 0 aromatic heterocycles. The van der Waals surface area contributed by atoms with Crippen LogP contribution in [0.1, 0.15) is 45.4 Å². The topological polar surface area (TPSA) is 41.5 Å². The third-order valence-corrected chi connectivity index (χ3v) is 2.63. The molecule has 0 aliphatic carbocycles. The highest BCUT2D eigenvalue weighted by Gasteiger charge is 2.02. The Morgan fingerprint density at radius 2 is 1.87 bits per heavy atom. The van der Waals surface area contributed by atoms with E-state index in [1.165, 1.54) is 32.1 Å². The third-order valence-electron chi connectivity index (χ3n) is 2.63. The lowest BCUT2D eigenvalue weighted by molar-refractivity contribution is 0.112. The standard InChI is InChI=1S/C12H27NO2/c1-3-4-5-6-7-9-15-10-8-12(11-14)13-2/h12-14H,3-11H2,1-2H3. The first-order chi connectivity index (χ1) is 7.35. The minimum atomic E-state index is 0.185. The van der Waals surface area contributed by atoms with E-state index in [0.717, 1.165) is 19.6 Å². The minimum Gasteiger partial charge on any atom is -0.395 e. The Bertz CT molecular complexity index is 116. The molecule has 0 fully saturated rings. The van der Waals surface area contributed by atoms with E-state index in [1.807, 2.05) is 7.05 Å². The number of unbranched alkanes of at least 4 members (excludes halogenated alkanes) is 4. The first kappa shape index (κ1) is 14.9. The monoisotopic (exact) mass is 217 g/mol. The van der Waals surface area contributed by atoms with Crippen LogP contribution in [-0.2, 0) is 4.74 Å². The van der Waals surface area contributed by atoms with Gasteiger partial charge in [-0.05, 0) is 19.9 Å². The van der Waals surface area contributed by atoms with E-state index in [2.05, 4.69) is 12.2 Å². The van der Waals surface area contributed by atoms with Crippen molar-refractivity contribution >= 4 is 0 Å². The van der Waals surface area contributed by atoms with E-state index in [1.54, 1.807) is 0 Å². The Morgan fingerprint density at radius 1 is 1.13 bits per heavy atom. The number of likely N-dealkylation sites (N-methyl/N-ethyl adjacent to an activating group) is 1. The van der Waals surface area contributed by atoms with Gasteiger partial charge in [-0.15, -0.1) is 0 Å². The van der Waals surface area contributed by atoms with Crippen molar-refractivity contribution in [2.45, 2.75) is 51.5 Å². The molecule has 0 saturated carbocycles. The van der Waals surface area contributed by atoms with Crippen molar-refractivity contribution in [3.8, 4) is 0 Å². The van der Waals surface area contributed by atoms with Gasteiger partial charge >= 0.3 is 0 Å². The van der Waals surface area contributed by atoms with Crippen LogP contribution >= 0.6 is 0 Å². The van der Waals surface area contributed by atoms with Crippen molar-refractivity contribution in [1.29, 1.82) is 0 Å². The highest BCUT2D eigenvalue weighted by molar-refractivity contribution is 4.60. The van der Waals surface area contributed by atoms with Crippen LogP contribution in [0.25, 0.3) is 0 Å². The van der Waals surface area contributed by atoms with Gasteiger partial charge in [-0.2, -0.15) is 0 Å². The average Bonchev–Trinajstić information content (AvgIpc) is 2.27. The van der Waals surface area contributed by atoms with Crippen LogP contribution in [0.15, 0.2) is 0 Å². The SMILES string of the molecule is CCCCCCCOCCC(CO)NC. The zero-order valence-electron chi connectivity index (χ0n) is 10.3. The lowest BCUT2D eigenvalue weighted by Crippen LogP contribution is -2.30. The summed E-state index contributed by atoms with van der Waals surface area (Å²) >= 11 is 0. The Balaban J connectivity index is 3.04. The largest absolute Gasteiger partial charge is 0.395 e. The second kappa shape index (κ2) is 12.0. The van der Waals surface area contributed by atoms with E-state index >= 15 is 0 Å². The Labute approximate surface area is 94.2 Å². The van der Waals surface area contributed by atoms with Crippen LogP contribution in [0, 0.1) is 0 Å². The lowest BCUT2D eigenvalue weighted by Gasteiger charge is -2.12. The Hall–Kier alpha value is -0.120. The third kappa shape index (κ3) is 10.2. The van der Waals surface area contributed by atoms with Gasteiger partial charge in [0.2, 0.25) is 0 Å². The van der Waals surface area contributed by atoms with Crippen LogP contribution in [0.3, 0.4) is 0 Å². The van der Waals surface area contributed by atoms with E-state index in [4.69, 9.17) is 9.84 Å². The van der Waals surface area contributed by atoms with Crippen molar-refractivity contribution < 1.29 is 9.84 Å². The number of ether oxygens (including phenoxy) is 1. The maximum atomic E-state index is 8.91. The fraction of sp³-hybridized carbons (Fsp3) is 1.00. The summed E-state index contributed by atoms with van der Waals surface area (Å²) in [6.45, 7) is 4.03. The molecule has 0 heterocycles. The Kier molecular flexibility index (Phi) is 11.9. The minimum absolute atomic E-state index is 0.185. The quantitative estimate of drug-likeness (QED) is 0.520. The maximum absolute atomic E-state index is 8.91. The fourth-order valence-electron chi connectivity index (χ4n) is 1.46. The van der Waals surface area contributed by atoms with Gasteiger partial charge in [-0.1, -0.05) is 32.6 Å². The molecule has 0 spiro atoms. The molecule has 0 bridgehead atoms. The van der Waals surface area contributed by atoms with Crippen LogP contribution in [-0.4, -0.2) is 38.0 Å². The first-order valence-corrected chi connectivity index (χ1v) is 6.21. The smallest absolute Gasteiger partial charge is 0.0585 e. The molecule has 0 radical (unpaired) electrons. The zero-order chi connectivity index (χ0) is 11.4. The van der Waals surface area contributed by atoms with E-state index in [9.17, 15) is 0 Å². The molecular formula is C12H27NO2. The van der Waals surface area contributed by atoms with E-state index in [-0.39, 0.29) is 12.6 Å². The van der Waals surface area contributed by atoms with Crippen molar-refractivity contribution in [1.82, 2.24) is 5.32 Å². The fourth-order valence-corrected chi connectivity index (χ4v) is 1.46. The van der Waals surface area contributed by atoms with Crippen LogP contribution in [0.5, 0.6) is 0 Å². The highest BCUT2D eigenvalue weighted by Crippen LogP contribution is 2.02. The molecular weight excluding hydrogens is 190 g/mol. The molecule has 15 heavy (non-hydrogen) atoms. The maximum Gasteiger partial charge on any atom is 0.0585 e. The zero-order valence-corrected chi connectivity index (χ0v) is 10.3. The average molecular weight is 217 g/mol. The summed E-state index contributed by atoms with van der Waals surface area (Å²) in [6, 6.07) is 0.185. The highest BCUT2D eigenvalue weighted by atomic mass is 16.5. The van der Waals surface area contributed by atoms with Crippen molar-refractivity contribution in [2.24, 2.45) is 0 Å². The molecule has 92 valence electrons. The van der Waals surface area contributed by atoms with Gasteiger partial charge < -0.3 is 15.2 Å². The van der Waals surface area contributed by atoms with E-state index in [0.29, 0.717) is 0 Å². The van der Waals surface area contributed by atoms with Gasteiger partial charge in [0.05, 0.1) is 6.61 Å². The van der Waals surface area contributed by atoms with Gasteiger partial charge in [-0.3, -0.25) is 0 Å². The van der Waals surface area contributed by atoms with Gasteiger partial charge in [0.1, 0.15) is 0 Å². The summed E-state index contributed by atoms with van der Waals surface area (Å²) in [7, 11) is 1.87. The summed E-state index contributed by atoms with van der Waals surface area (Å²) in [5.74, 6) is 0. The molecule has 1 atom stereocenters. The summed E-state index contributed by atoms with van der Waals surface area (Å²) in [4.78, 5) is 0. The number of aliphatic hydroxyl groups excluding tert-OH is 1. The van der Waals surface area contributed by atoms with Crippen LogP contribution < -0.4 is 5.32 Å². The molecule has 3 nitrogen and oxygen atoms in total. The summed E-state index contributed by atoms with van der Waals surface area (Å²) < 4.78 is 5.50. The molecule has 0 aliphatic heterocycles. The van der Waals surface area contributed by atoms with Crippen molar-refractivity contribution in [3.05, 3.63) is 0 Å². The number of hydrogen-bond acceptors (Lipinski definition) is 3. The molecule has 0 amide bonds. The van der Waals surface area contributed by atoms with Gasteiger partial charge in [0.25, 0.3) is 0 Å². The van der Waals surface area contributed by atoms with Crippen LogP contribution in [0.2, 0.25) is 0 Å². The lowest BCUT2D eigenvalue weighted by atomic mass is 10.2. The van der Waals surface area contributed by atoms with Gasteiger partial charge in [0.15, 0.2) is 0 Å². The summed E-state index contributed by atoms with van der Waals surface area (Å²) in [5.41, 5.74) is 0. The molecule has 0 rings (SSSR count). The van der Waals surface area contributed by atoms with Crippen molar-refractivity contribution in [3.63, 3.8) is 0 Å². The molecule has 3 heteroatoms. The normalized spacial score (nSPS) is 13.0. The van der Waals surface area contributed by atoms with Gasteiger partial charge in [-0.25, -0.2) is 0 Å². The Morgan fingerprint density at radius 3 is 2.47 bits per heavy atom. The van der Waals surface area contributed by atoms with Crippen molar-refractivity contribution in [2.75, 3.05) is 26.9 Å². The molecule has 2 N–H and O–H groups in total. The molecule has 0 aromatic rings.